The van der Waals surface area contributed by atoms with Crippen LogP contribution in [0, 0.1) is 6.92 Å². The predicted molar refractivity (Wildman–Crippen MR) is 149 cm³/mol. The molecule has 4 amide bonds. The highest BCUT2D eigenvalue weighted by Gasteiger charge is 2.35. The standard InChI is InChI=1S/C28H25BrClN3O5/c1-3-37-24-14-18(12-21(29)26(24)38-16-19-8-4-5-10-22(19)30)13-23-27(35)33(28(36)32-23)15-25(34)31-20-9-6-7-17(2)11-20/h4-14H,3,15-16H2,1-2H3,(H,31,34)(H,32,36)/b23-13+. The summed E-state index contributed by atoms with van der Waals surface area (Å²) in [5, 5.41) is 5.83. The van der Waals surface area contributed by atoms with E-state index < -0.39 is 24.4 Å². The van der Waals surface area contributed by atoms with Crippen LogP contribution in [0.3, 0.4) is 0 Å². The van der Waals surface area contributed by atoms with Gasteiger partial charge in [-0.3, -0.25) is 9.59 Å². The Morgan fingerprint density at radius 3 is 2.63 bits per heavy atom. The van der Waals surface area contributed by atoms with Crippen LogP contribution in [0.1, 0.15) is 23.6 Å². The van der Waals surface area contributed by atoms with Gasteiger partial charge in [0.15, 0.2) is 11.5 Å². The smallest absolute Gasteiger partial charge is 0.329 e. The topological polar surface area (TPSA) is 97.0 Å². The molecule has 196 valence electrons. The first-order valence-corrected chi connectivity index (χ1v) is 13.0. The van der Waals surface area contributed by atoms with E-state index in [-0.39, 0.29) is 12.3 Å². The zero-order valence-corrected chi connectivity index (χ0v) is 23.1. The number of hydrogen-bond acceptors (Lipinski definition) is 5. The van der Waals surface area contributed by atoms with Crippen LogP contribution in [0.5, 0.6) is 11.5 Å². The van der Waals surface area contributed by atoms with Crippen LogP contribution in [-0.4, -0.2) is 35.9 Å². The molecule has 10 heteroatoms. The van der Waals surface area contributed by atoms with E-state index in [9.17, 15) is 14.4 Å². The van der Waals surface area contributed by atoms with Crippen LogP contribution in [0.15, 0.2) is 70.8 Å². The van der Waals surface area contributed by atoms with Crippen molar-refractivity contribution in [2.24, 2.45) is 0 Å². The molecule has 8 nitrogen and oxygen atoms in total. The van der Waals surface area contributed by atoms with Crippen molar-refractivity contribution < 1.29 is 23.9 Å². The fourth-order valence-electron chi connectivity index (χ4n) is 3.79. The lowest BCUT2D eigenvalue weighted by Gasteiger charge is -2.15. The number of amides is 4. The minimum atomic E-state index is -0.676. The second kappa shape index (κ2) is 12.1. The third-order valence-corrected chi connectivity index (χ3v) is 6.50. The molecule has 3 aromatic rings. The Morgan fingerprint density at radius 1 is 1.11 bits per heavy atom. The number of nitrogens with zero attached hydrogens (tertiary/aromatic N) is 1. The monoisotopic (exact) mass is 597 g/mol. The van der Waals surface area contributed by atoms with Crippen molar-refractivity contribution in [3.63, 3.8) is 0 Å². The summed E-state index contributed by atoms with van der Waals surface area (Å²) in [7, 11) is 0. The number of halogens is 2. The summed E-state index contributed by atoms with van der Waals surface area (Å²) in [5.41, 5.74) is 3.00. The number of urea groups is 1. The van der Waals surface area contributed by atoms with Gasteiger partial charge in [-0.15, -0.1) is 0 Å². The van der Waals surface area contributed by atoms with Crippen molar-refractivity contribution in [2.45, 2.75) is 20.5 Å². The van der Waals surface area contributed by atoms with Crippen molar-refractivity contribution >= 4 is 57.1 Å². The molecule has 1 heterocycles. The summed E-state index contributed by atoms with van der Waals surface area (Å²) in [4.78, 5) is 38.7. The number of anilines is 1. The van der Waals surface area contributed by atoms with Crippen molar-refractivity contribution in [3.05, 3.63) is 92.5 Å². The minimum Gasteiger partial charge on any atom is -0.490 e. The first kappa shape index (κ1) is 27.2. The fourth-order valence-corrected chi connectivity index (χ4v) is 4.55. The molecule has 0 unspecified atom stereocenters. The van der Waals surface area contributed by atoms with Crippen molar-refractivity contribution in [3.8, 4) is 11.5 Å². The first-order chi connectivity index (χ1) is 18.2. The third-order valence-electron chi connectivity index (χ3n) is 5.54. The number of aryl methyl sites for hydroxylation is 1. The van der Waals surface area contributed by atoms with Gasteiger partial charge in [0, 0.05) is 16.3 Å². The molecule has 1 saturated heterocycles. The van der Waals surface area contributed by atoms with Crippen molar-refractivity contribution in [2.75, 3.05) is 18.5 Å². The zero-order chi connectivity index (χ0) is 27.2. The predicted octanol–water partition coefficient (Wildman–Crippen LogP) is 5.92. The molecule has 0 saturated carbocycles. The highest BCUT2D eigenvalue weighted by Crippen LogP contribution is 2.38. The number of imide groups is 1. The highest BCUT2D eigenvalue weighted by molar-refractivity contribution is 9.10. The van der Waals surface area contributed by atoms with Gasteiger partial charge in [0.25, 0.3) is 5.91 Å². The Hall–Kier alpha value is -3.82. The summed E-state index contributed by atoms with van der Waals surface area (Å²) in [6.07, 6.45) is 1.52. The normalized spacial score (nSPS) is 14.0. The molecule has 1 fully saturated rings. The molecule has 4 rings (SSSR count). The number of carbonyl (C=O) groups is 3. The van der Waals surface area contributed by atoms with E-state index in [1.54, 1.807) is 36.4 Å². The molecule has 0 atom stereocenters. The lowest BCUT2D eigenvalue weighted by molar-refractivity contribution is -0.127. The van der Waals surface area contributed by atoms with E-state index >= 15 is 0 Å². The molecule has 0 spiro atoms. The summed E-state index contributed by atoms with van der Waals surface area (Å²) in [6, 6.07) is 17.4. The molecule has 1 aliphatic rings. The van der Waals surface area contributed by atoms with Crippen molar-refractivity contribution in [1.29, 1.82) is 0 Å². The quantitative estimate of drug-likeness (QED) is 0.235. The van der Waals surface area contributed by atoms with E-state index in [1.807, 2.05) is 38.1 Å². The molecule has 3 aromatic carbocycles. The van der Waals surface area contributed by atoms with E-state index in [0.29, 0.717) is 38.9 Å². The van der Waals surface area contributed by atoms with E-state index in [0.717, 1.165) is 16.0 Å². The maximum absolute atomic E-state index is 12.9. The number of carbonyl (C=O) groups excluding carboxylic acids is 3. The minimum absolute atomic E-state index is 0.0393. The van der Waals surface area contributed by atoms with Crippen LogP contribution in [0.25, 0.3) is 6.08 Å². The van der Waals surface area contributed by atoms with Gasteiger partial charge < -0.3 is 20.1 Å². The van der Waals surface area contributed by atoms with Gasteiger partial charge in [-0.1, -0.05) is 41.9 Å². The number of hydrogen-bond donors (Lipinski definition) is 2. The first-order valence-electron chi connectivity index (χ1n) is 11.8. The van der Waals surface area contributed by atoms with Gasteiger partial charge in [-0.25, -0.2) is 9.69 Å². The Balaban J connectivity index is 1.50. The summed E-state index contributed by atoms with van der Waals surface area (Å²) < 4.78 is 12.4. The number of benzene rings is 3. The molecule has 0 radical (unpaired) electrons. The van der Waals surface area contributed by atoms with Gasteiger partial charge in [-0.05, 0) is 77.3 Å². The van der Waals surface area contributed by atoms with Crippen LogP contribution in [0.4, 0.5) is 10.5 Å². The molecule has 0 aromatic heterocycles. The Morgan fingerprint density at radius 2 is 1.89 bits per heavy atom. The third kappa shape index (κ3) is 6.54. The molecule has 1 aliphatic heterocycles. The summed E-state index contributed by atoms with van der Waals surface area (Å²) in [5.74, 6) is -0.165. The molecule has 2 N–H and O–H groups in total. The van der Waals surface area contributed by atoms with Gasteiger partial charge in [0.1, 0.15) is 18.8 Å². The second-order valence-corrected chi connectivity index (χ2v) is 9.70. The van der Waals surface area contributed by atoms with Crippen LogP contribution < -0.4 is 20.1 Å². The van der Waals surface area contributed by atoms with Gasteiger partial charge in [0.05, 0.1) is 11.1 Å². The van der Waals surface area contributed by atoms with Crippen LogP contribution >= 0.6 is 27.5 Å². The molecule has 38 heavy (non-hydrogen) atoms. The average Bonchev–Trinajstić information content (AvgIpc) is 3.12. The Labute approximate surface area is 233 Å². The number of rotatable bonds is 9. The molecule has 0 bridgehead atoms. The van der Waals surface area contributed by atoms with E-state index in [2.05, 4.69) is 26.6 Å². The molecular formula is C28H25BrClN3O5. The molecule has 0 aliphatic carbocycles. The Bertz CT molecular complexity index is 1430. The Kier molecular flexibility index (Phi) is 8.70. The average molecular weight is 599 g/mol. The maximum Gasteiger partial charge on any atom is 0.329 e. The number of ether oxygens (including phenoxy) is 2. The van der Waals surface area contributed by atoms with Gasteiger partial charge in [-0.2, -0.15) is 0 Å². The van der Waals surface area contributed by atoms with Crippen LogP contribution in [0.2, 0.25) is 5.02 Å². The maximum atomic E-state index is 12.9. The van der Waals surface area contributed by atoms with Crippen molar-refractivity contribution in [1.82, 2.24) is 10.2 Å². The SMILES string of the molecule is CCOc1cc(/C=C2/NC(=O)N(CC(=O)Nc3cccc(C)c3)C2=O)cc(Br)c1OCc1ccccc1Cl. The van der Waals surface area contributed by atoms with Gasteiger partial charge >= 0.3 is 6.03 Å². The fraction of sp³-hybridized carbons (Fsp3) is 0.179. The lowest BCUT2D eigenvalue weighted by atomic mass is 10.1. The van der Waals surface area contributed by atoms with E-state index in [4.69, 9.17) is 21.1 Å². The lowest BCUT2D eigenvalue weighted by Crippen LogP contribution is -2.38. The zero-order valence-electron chi connectivity index (χ0n) is 20.7. The largest absolute Gasteiger partial charge is 0.490 e. The summed E-state index contributed by atoms with van der Waals surface area (Å²) >= 11 is 9.76. The van der Waals surface area contributed by atoms with Gasteiger partial charge in [0.2, 0.25) is 5.91 Å². The molecular weight excluding hydrogens is 574 g/mol. The second-order valence-electron chi connectivity index (χ2n) is 8.44. The number of nitrogens with one attached hydrogen (secondary N) is 2. The van der Waals surface area contributed by atoms with Crippen LogP contribution in [-0.2, 0) is 16.2 Å². The highest BCUT2D eigenvalue weighted by atomic mass is 79.9. The summed E-state index contributed by atoms with van der Waals surface area (Å²) in [6.45, 7) is 3.94. The van der Waals surface area contributed by atoms with E-state index in [1.165, 1.54) is 6.08 Å².